The van der Waals surface area contributed by atoms with E-state index in [4.69, 9.17) is 4.42 Å². The van der Waals surface area contributed by atoms with Crippen LogP contribution in [-0.2, 0) is 11.2 Å². The molecular weight excluding hydrogens is 369 g/mol. The Hall–Kier alpha value is -3.00. The SMILES string of the molecule is Cc1ccc(Cc2cnc(NC(=O)CNC(=O)c3ccoc3C)s2)cc1F. The highest BCUT2D eigenvalue weighted by Crippen LogP contribution is 2.22. The van der Waals surface area contributed by atoms with Crippen LogP contribution >= 0.6 is 11.3 Å². The van der Waals surface area contributed by atoms with Crippen LogP contribution in [-0.4, -0.2) is 23.3 Å². The van der Waals surface area contributed by atoms with Crippen LogP contribution < -0.4 is 10.6 Å². The molecule has 2 aromatic heterocycles. The first-order chi connectivity index (χ1) is 12.9. The number of aromatic nitrogens is 1. The maximum Gasteiger partial charge on any atom is 0.255 e. The Morgan fingerprint density at radius 3 is 2.78 bits per heavy atom. The molecule has 0 radical (unpaired) electrons. The second-order valence-electron chi connectivity index (χ2n) is 6.01. The van der Waals surface area contributed by atoms with Gasteiger partial charge in [0.1, 0.15) is 11.6 Å². The van der Waals surface area contributed by atoms with E-state index < -0.39 is 0 Å². The van der Waals surface area contributed by atoms with Crippen molar-refractivity contribution in [2.75, 3.05) is 11.9 Å². The molecule has 27 heavy (non-hydrogen) atoms. The molecule has 2 heterocycles. The number of furan rings is 1. The number of hydrogen-bond donors (Lipinski definition) is 2. The van der Waals surface area contributed by atoms with E-state index in [1.165, 1.54) is 23.7 Å². The predicted molar refractivity (Wildman–Crippen MR) is 100 cm³/mol. The molecule has 0 saturated carbocycles. The predicted octanol–water partition coefficient (Wildman–Crippen LogP) is 3.45. The summed E-state index contributed by atoms with van der Waals surface area (Å²) in [6.45, 7) is 3.21. The summed E-state index contributed by atoms with van der Waals surface area (Å²) in [6.07, 6.45) is 3.59. The number of nitrogens with zero attached hydrogens (tertiary/aromatic N) is 1. The molecule has 0 aliphatic heterocycles. The molecule has 0 fully saturated rings. The number of anilines is 1. The molecule has 140 valence electrons. The summed E-state index contributed by atoms with van der Waals surface area (Å²) >= 11 is 1.31. The van der Waals surface area contributed by atoms with Gasteiger partial charge in [0.25, 0.3) is 5.91 Å². The molecular formula is C19H18FN3O3S. The van der Waals surface area contributed by atoms with Crippen LogP contribution in [0.4, 0.5) is 9.52 Å². The van der Waals surface area contributed by atoms with E-state index in [0.717, 1.165) is 10.4 Å². The van der Waals surface area contributed by atoms with Crippen LogP contribution in [0, 0.1) is 19.7 Å². The van der Waals surface area contributed by atoms with E-state index in [1.54, 1.807) is 32.2 Å². The topological polar surface area (TPSA) is 84.2 Å². The molecule has 0 aliphatic rings. The molecule has 0 aliphatic carbocycles. The van der Waals surface area contributed by atoms with Crippen molar-refractivity contribution in [3.8, 4) is 0 Å². The lowest BCUT2D eigenvalue weighted by molar-refractivity contribution is -0.115. The fourth-order valence-corrected chi connectivity index (χ4v) is 3.30. The van der Waals surface area contributed by atoms with Crippen molar-refractivity contribution in [2.45, 2.75) is 20.3 Å². The third kappa shape index (κ3) is 4.79. The van der Waals surface area contributed by atoms with Gasteiger partial charge in [0.15, 0.2) is 5.13 Å². The van der Waals surface area contributed by atoms with Gasteiger partial charge in [0.05, 0.1) is 18.4 Å². The lowest BCUT2D eigenvalue weighted by atomic mass is 10.1. The summed E-state index contributed by atoms with van der Waals surface area (Å²) in [5.74, 6) is -0.511. The van der Waals surface area contributed by atoms with E-state index in [9.17, 15) is 14.0 Å². The molecule has 0 bridgehead atoms. The van der Waals surface area contributed by atoms with E-state index >= 15 is 0 Å². The number of carbonyl (C=O) groups is 2. The zero-order chi connectivity index (χ0) is 19.4. The number of amides is 2. The van der Waals surface area contributed by atoms with Crippen LogP contribution in [0.3, 0.4) is 0 Å². The first-order valence-electron chi connectivity index (χ1n) is 8.24. The Bertz CT molecular complexity index is 980. The molecule has 1 aromatic carbocycles. The van der Waals surface area contributed by atoms with E-state index in [0.29, 0.717) is 28.4 Å². The van der Waals surface area contributed by atoms with E-state index in [2.05, 4.69) is 15.6 Å². The Labute approximate surface area is 159 Å². The molecule has 0 atom stereocenters. The zero-order valence-corrected chi connectivity index (χ0v) is 15.7. The van der Waals surface area contributed by atoms with Crippen molar-refractivity contribution in [1.29, 1.82) is 0 Å². The highest BCUT2D eigenvalue weighted by molar-refractivity contribution is 7.15. The van der Waals surface area contributed by atoms with Gasteiger partial charge in [-0.3, -0.25) is 9.59 Å². The van der Waals surface area contributed by atoms with Crippen molar-refractivity contribution >= 4 is 28.3 Å². The van der Waals surface area contributed by atoms with Gasteiger partial charge in [-0.25, -0.2) is 9.37 Å². The van der Waals surface area contributed by atoms with Crippen molar-refractivity contribution < 1.29 is 18.4 Å². The number of halogens is 1. The largest absolute Gasteiger partial charge is 0.469 e. The highest BCUT2D eigenvalue weighted by Gasteiger charge is 2.13. The van der Waals surface area contributed by atoms with Crippen molar-refractivity contribution in [3.63, 3.8) is 0 Å². The minimum atomic E-state index is -0.383. The van der Waals surface area contributed by atoms with E-state index in [-0.39, 0.29) is 24.2 Å². The van der Waals surface area contributed by atoms with E-state index in [1.807, 2.05) is 6.07 Å². The Kier molecular flexibility index (Phi) is 5.66. The Balaban J connectivity index is 1.52. The smallest absolute Gasteiger partial charge is 0.255 e. The normalized spacial score (nSPS) is 10.6. The third-order valence-corrected chi connectivity index (χ3v) is 4.84. The molecule has 0 spiro atoms. The summed E-state index contributed by atoms with van der Waals surface area (Å²) in [7, 11) is 0. The fourth-order valence-electron chi connectivity index (χ4n) is 2.43. The second-order valence-corrected chi connectivity index (χ2v) is 7.13. The molecule has 3 rings (SSSR count). The molecule has 0 unspecified atom stereocenters. The zero-order valence-electron chi connectivity index (χ0n) is 14.8. The van der Waals surface area contributed by atoms with Crippen LogP contribution in [0.25, 0.3) is 0 Å². The maximum atomic E-state index is 13.6. The maximum absolute atomic E-state index is 13.6. The number of hydrogen-bond acceptors (Lipinski definition) is 5. The van der Waals surface area contributed by atoms with Crippen molar-refractivity contribution in [3.05, 3.63) is 69.9 Å². The van der Waals surface area contributed by atoms with Crippen LogP contribution in [0.1, 0.15) is 32.1 Å². The highest BCUT2D eigenvalue weighted by atomic mass is 32.1. The minimum absolute atomic E-state index is 0.179. The molecule has 6 nitrogen and oxygen atoms in total. The van der Waals surface area contributed by atoms with Gasteiger partial charge < -0.3 is 15.1 Å². The number of benzene rings is 1. The Morgan fingerprint density at radius 1 is 1.26 bits per heavy atom. The average molecular weight is 387 g/mol. The van der Waals surface area contributed by atoms with Gasteiger partial charge in [-0.15, -0.1) is 11.3 Å². The standard InChI is InChI=1S/C19H18FN3O3S/c1-11-3-4-13(8-16(11)20)7-14-9-22-19(27-14)23-17(24)10-21-18(25)15-5-6-26-12(15)2/h3-6,8-9H,7,10H2,1-2H3,(H,21,25)(H,22,23,24). The Morgan fingerprint density at radius 2 is 2.07 bits per heavy atom. The summed E-state index contributed by atoms with van der Waals surface area (Å²) in [5.41, 5.74) is 1.83. The molecule has 2 N–H and O–H groups in total. The van der Waals surface area contributed by atoms with Gasteiger partial charge in [0.2, 0.25) is 5.91 Å². The number of rotatable bonds is 6. The lowest BCUT2D eigenvalue weighted by Crippen LogP contribution is -2.32. The summed E-state index contributed by atoms with van der Waals surface area (Å²) in [6, 6.07) is 6.65. The average Bonchev–Trinajstić information content (AvgIpc) is 3.25. The number of nitrogens with one attached hydrogen (secondary N) is 2. The molecule has 0 saturated heterocycles. The van der Waals surface area contributed by atoms with Crippen molar-refractivity contribution in [2.24, 2.45) is 0 Å². The second kappa shape index (κ2) is 8.13. The van der Waals surface area contributed by atoms with Gasteiger partial charge >= 0.3 is 0 Å². The van der Waals surface area contributed by atoms with Gasteiger partial charge in [-0.1, -0.05) is 12.1 Å². The monoisotopic (exact) mass is 387 g/mol. The summed E-state index contributed by atoms with van der Waals surface area (Å²) in [5, 5.41) is 5.60. The first kappa shape index (κ1) is 18.8. The van der Waals surface area contributed by atoms with Crippen LogP contribution in [0.5, 0.6) is 0 Å². The minimum Gasteiger partial charge on any atom is -0.469 e. The summed E-state index contributed by atoms with van der Waals surface area (Å²) < 4.78 is 18.7. The third-order valence-electron chi connectivity index (χ3n) is 3.93. The fraction of sp³-hybridized carbons (Fsp3) is 0.211. The molecule has 8 heteroatoms. The van der Waals surface area contributed by atoms with Crippen molar-refractivity contribution in [1.82, 2.24) is 10.3 Å². The molecule has 3 aromatic rings. The van der Waals surface area contributed by atoms with Gasteiger partial charge in [-0.05, 0) is 37.1 Å². The number of aryl methyl sites for hydroxylation is 2. The number of carbonyl (C=O) groups excluding carboxylic acids is 2. The van der Waals surface area contributed by atoms with Crippen LogP contribution in [0.15, 0.2) is 41.1 Å². The van der Waals surface area contributed by atoms with Crippen LogP contribution in [0.2, 0.25) is 0 Å². The first-order valence-corrected chi connectivity index (χ1v) is 9.06. The summed E-state index contributed by atoms with van der Waals surface area (Å²) in [4.78, 5) is 29.0. The quantitative estimate of drug-likeness (QED) is 0.679. The van der Waals surface area contributed by atoms with Gasteiger partial charge in [0, 0.05) is 17.5 Å². The lowest BCUT2D eigenvalue weighted by Gasteiger charge is -2.04. The number of thiazole rings is 1. The van der Waals surface area contributed by atoms with Gasteiger partial charge in [-0.2, -0.15) is 0 Å². The molecule has 2 amide bonds.